The van der Waals surface area contributed by atoms with Crippen LogP contribution >= 0.6 is 11.3 Å². The number of benzene rings is 2. The summed E-state index contributed by atoms with van der Waals surface area (Å²) in [5, 5.41) is 9.33. The first kappa shape index (κ1) is 20.1. The van der Waals surface area contributed by atoms with Crippen molar-refractivity contribution < 1.29 is 19.0 Å². The monoisotopic (exact) mass is 447 g/mol. The van der Waals surface area contributed by atoms with Gasteiger partial charge in [0.25, 0.3) is 5.91 Å². The van der Waals surface area contributed by atoms with E-state index in [0.717, 1.165) is 16.8 Å². The molecule has 1 amide bonds. The molecule has 0 radical (unpaired) electrons. The van der Waals surface area contributed by atoms with E-state index >= 15 is 0 Å². The Morgan fingerprint density at radius 1 is 1.09 bits per heavy atom. The van der Waals surface area contributed by atoms with E-state index < -0.39 is 0 Å². The Kier molecular flexibility index (Phi) is 5.51. The fraction of sp³-hybridized carbons (Fsp3) is 0.167. The maximum Gasteiger partial charge on any atom is 0.266 e. The third-order valence-corrected chi connectivity index (χ3v) is 6.00. The quantitative estimate of drug-likeness (QED) is 0.438. The number of aromatic nitrogens is 2. The molecule has 3 heterocycles. The SMILES string of the molecule is Cc1cc(NC(=O)c2cc(COc3ccc4c(c3)OCO4)cs2)nn1Cc1ccccc1. The normalized spacial score (nSPS) is 12.0. The minimum Gasteiger partial charge on any atom is -0.489 e. The van der Waals surface area contributed by atoms with Gasteiger partial charge in [0.2, 0.25) is 6.79 Å². The first-order valence-corrected chi connectivity index (χ1v) is 11.0. The number of carbonyl (C=O) groups excluding carboxylic acids is 1. The van der Waals surface area contributed by atoms with Crippen molar-refractivity contribution in [3.8, 4) is 17.2 Å². The van der Waals surface area contributed by atoms with Crippen LogP contribution in [0.5, 0.6) is 17.2 Å². The van der Waals surface area contributed by atoms with E-state index in [1.807, 2.05) is 59.5 Å². The number of thiophene rings is 1. The summed E-state index contributed by atoms with van der Waals surface area (Å²) in [6.07, 6.45) is 0. The van der Waals surface area contributed by atoms with Crippen molar-refractivity contribution in [1.29, 1.82) is 0 Å². The molecule has 1 aliphatic rings. The van der Waals surface area contributed by atoms with E-state index in [4.69, 9.17) is 14.2 Å². The number of rotatable bonds is 7. The molecule has 4 aromatic rings. The van der Waals surface area contributed by atoms with Crippen LogP contribution in [-0.2, 0) is 13.2 Å². The second-order valence-electron chi connectivity index (χ2n) is 7.39. The lowest BCUT2D eigenvalue weighted by molar-refractivity contribution is 0.103. The first-order chi connectivity index (χ1) is 15.6. The Labute approximate surface area is 189 Å². The highest BCUT2D eigenvalue weighted by atomic mass is 32.1. The summed E-state index contributed by atoms with van der Waals surface area (Å²) < 4.78 is 18.4. The Morgan fingerprint density at radius 2 is 1.94 bits per heavy atom. The molecule has 0 bridgehead atoms. The Bertz CT molecular complexity index is 1250. The Hall–Kier alpha value is -3.78. The topological polar surface area (TPSA) is 74.6 Å². The van der Waals surface area contributed by atoms with Crippen molar-refractivity contribution in [3.63, 3.8) is 0 Å². The van der Waals surface area contributed by atoms with Crippen molar-refractivity contribution in [3.05, 3.63) is 87.7 Å². The lowest BCUT2D eigenvalue weighted by Gasteiger charge is -2.05. The van der Waals surface area contributed by atoms with Gasteiger partial charge in [0, 0.05) is 23.4 Å². The zero-order valence-corrected chi connectivity index (χ0v) is 18.2. The summed E-state index contributed by atoms with van der Waals surface area (Å²) in [7, 11) is 0. The van der Waals surface area contributed by atoms with Gasteiger partial charge in [-0.05, 0) is 36.1 Å². The number of carbonyl (C=O) groups is 1. The van der Waals surface area contributed by atoms with Crippen molar-refractivity contribution in [2.75, 3.05) is 12.1 Å². The maximum atomic E-state index is 12.7. The predicted octanol–water partition coefficient (Wildman–Crippen LogP) is 4.86. The van der Waals surface area contributed by atoms with Crippen LogP contribution in [0.4, 0.5) is 5.82 Å². The maximum absolute atomic E-state index is 12.7. The van der Waals surface area contributed by atoms with Gasteiger partial charge >= 0.3 is 0 Å². The Morgan fingerprint density at radius 3 is 2.81 bits per heavy atom. The zero-order chi connectivity index (χ0) is 21.9. The average molecular weight is 448 g/mol. The summed E-state index contributed by atoms with van der Waals surface area (Å²) in [5.74, 6) is 2.43. The molecule has 0 unspecified atom stereocenters. The van der Waals surface area contributed by atoms with E-state index in [0.29, 0.717) is 41.1 Å². The van der Waals surface area contributed by atoms with Gasteiger partial charge in [-0.3, -0.25) is 9.48 Å². The van der Waals surface area contributed by atoms with E-state index in [1.54, 1.807) is 6.07 Å². The first-order valence-electron chi connectivity index (χ1n) is 10.1. The van der Waals surface area contributed by atoms with Crippen LogP contribution in [-0.4, -0.2) is 22.5 Å². The highest BCUT2D eigenvalue weighted by Crippen LogP contribution is 2.35. The molecule has 5 rings (SSSR count). The van der Waals surface area contributed by atoms with Crippen LogP contribution in [0.3, 0.4) is 0 Å². The molecule has 0 spiro atoms. The van der Waals surface area contributed by atoms with Gasteiger partial charge in [0.05, 0.1) is 11.4 Å². The van der Waals surface area contributed by atoms with E-state index in [2.05, 4.69) is 22.5 Å². The number of aryl methyl sites for hydroxylation is 1. The van der Waals surface area contributed by atoms with Gasteiger partial charge in [-0.25, -0.2) is 0 Å². The number of anilines is 1. The molecule has 2 aromatic heterocycles. The summed E-state index contributed by atoms with van der Waals surface area (Å²) in [5.41, 5.74) is 3.05. The average Bonchev–Trinajstić information content (AvgIpc) is 3.53. The molecule has 0 saturated carbocycles. The van der Waals surface area contributed by atoms with Gasteiger partial charge in [-0.15, -0.1) is 11.3 Å². The lowest BCUT2D eigenvalue weighted by Crippen LogP contribution is -2.11. The van der Waals surface area contributed by atoms with Gasteiger partial charge in [0.1, 0.15) is 12.4 Å². The third-order valence-electron chi connectivity index (χ3n) is 5.03. The summed E-state index contributed by atoms with van der Waals surface area (Å²) in [6, 6.07) is 19.3. The molecule has 1 aliphatic heterocycles. The minimum absolute atomic E-state index is 0.186. The second-order valence-corrected chi connectivity index (χ2v) is 8.30. The number of nitrogens with zero attached hydrogens (tertiary/aromatic N) is 2. The number of amides is 1. The van der Waals surface area contributed by atoms with Crippen molar-refractivity contribution >= 4 is 23.1 Å². The number of nitrogens with one attached hydrogen (secondary N) is 1. The highest BCUT2D eigenvalue weighted by Gasteiger charge is 2.15. The van der Waals surface area contributed by atoms with Gasteiger partial charge < -0.3 is 19.5 Å². The Balaban J connectivity index is 1.19. The largest absolute Gasteiger partial charge is 0.489 e. The molecule has 0 saturated heterocycles. The van der Waals surface area contributed by atoms with Crippen molar-refractivity contribution in [2.45, 2.75) is 20.1 Å². The van der Waals surface area contributed by atoms with Gasteiger partial charge in [0.15, 0.2) is 17.3 Å². The molecule has 0 aliphatic carbocycles. The predicted molar refractivity (Wildman–Crippen MR) is 122 cm³/mol. The summed E-state index contributed by atoms with van der Waals surface area (Å²) in [4.78, 5) is 13.3. The van der Waals surface area contributed by atoms with Crippen LogP contribution in [0.2, 0.25) is 0 Å². The highest BCUT2D eigenvalue weighted by molar-refractivity contribution is 7.12. The molecule has 0 fully saturated rings. The number of fused-ring (bicyclic) bond motifs is 1. The number of hydrogen-bond acceptors (Lipinski definition) is 6. The van der Waals surface area contributed by atoms with E-state index in [-0.39, 0.29) is 12.7 Å². The molecule has 8 heteroatoms. The number of ether oxygens (including phenoxy) is 3. The van der Waals surface area contributed by atoms with Gasteiger partial charge in [-0.1, -0.05) is 30.3 Å². The van der Waals surface area contributed by atoms with Crippen LogP contribution in [0, 0.1) is 6.92 Å². The molecular formula is C24H21N3O4S. The van der Waals surface area contributed by atoms with Crippen molar-refractivity contribution in [2.24, 2.45) is 0 Å². The van der Waals surface area contributed by atoms with Gasteiger partial charge in [-0.2, -0.15) is 5.10 Å². The minimum atomic E-state index is -0.186. The van der Waals surface area contributed by atoms with Crippen LogP contribution in [0.15, 0.2) is 66.0 Å². The fourth-order valence-electron chi connectivity index (χ4n) is 3.37. The number of hydrogen-bond donors (Lipinski definition) is 1. The molecule has 2 aromatic carbocycles. The van der Waals surface area contributed by atoms with Crippen molar-refractivity contribution in [1.82, 2.24) is 9.78 Å². The second kappa shape index (κ2) is 8.76. The van der Waals surface area contributed by atoms with E-state index in [9.17, 15) is 4.79 Å². The van der Waals surface area contributed by atoms with Crippen LogP contribution in [0.1, 0.15) is 26.5 Å². The van der Waals surface area contributed by atoms with E-state index in [1.165, 1.54) is 11.3 Å². The lowest BCUT2D eigenvalue weighted by atomic mass is 10.2. The molecule has 1 N–H and O–H groups in total. The molecule has 7 nitrogen and oxygen atoms in total. The molecule has 32 heavy (non-hydrogen) atoms. The third kappa shape index (κ3) is 4.45. The molecular weight excluding hydrogens is 426 g/mol. The van der Waals surface area contributed by atoms with Crippen LogP contribution in [0.25, 0.3) is 0 Å². The molecule has 0 atom stereocenters. The summed E-state index contributed by atoms with van der Waals surface area (Å²) >= 11 is 1.37. The summed E-state index contributed by atoms with van der Waals surface area (Å²) in [6.45, 7) is 3.21. The smallest absolute Gasteiger partial charge is 0.266 e. The fourth-order valence-corrected chi connectivity index (χ4v) is 4.16. The van der Waals surface area contributed by atoms with Crippen LogP contribution < -0.4 is 19.5 Å². The standard InChI is InChI=1S/C24H21N3O4S/c1-16-9-23(26-27(16)12-17-5-3-2-4-6-17)25-24(28)22-10-18(14-32-22)13-29-19-7-8-20-21(11-19)31-15-30-20/h2-11,14H,12-13,15H2,1H3,(H,25,26,28). The zero-order valence-electron chi connectivity index (χ0n) is 17.4. The molecule has 162 valence electrons.